The molecule has 2 aliphatic carbocycles. The van der Waals surface area contributed by atoms with Crippen molar-refractivity contribution in [1.29, 1.82) is 0 Å². The molecule has 3 aliphatic rings. The summed E-state index contributed by atoms with van der Waals surface area (Å²) < 4.78 is 0. The molecule has 3 fully saturated rings. The first kappa shape index (κ1) is 13.9. The Morgan fingerprint density at radius 2 is 2.15 bits per heavy atom. The summed E-state index contributed by atoms with van der Waals surface area (Å²) >= 11 is 0. The molecule has 0 spiro atoms. The maximum absolute atomic E-state index is 12.4. The molecule has 1 saturated heterocycles. The molecule has 0 aromatic heterocycles. The van der Waals surface area contributed by atoms with Crippen molar-refractivity contribution < 1.29 is 14.7 Å². The zero-order valence-corrected chi connectivity index (χ0v) is 12.0. The van der Waals surface area contributed by atoms with E-state index in [9.17, 15) is 14.7 Å². The third-order valence-corrected chi connectivity index (χ3v) is 5.58. The predicted molar refractivity (Wildman–Crippen MR) is 73.7 cm³/mol. The van der Waals surface area contributed by atoms with Crippen molar-refractivity contribution in [3.8, 4) is 0 Å². The third-order valence-electron chi connectivity index (χ3n) is 5.58. The highest BCUT2D eigenvalue weighted by molar-refractivity contribution is 5.89. The van der Waals surface area contributed by atoms with Crippen LogP contribution in [0.3, 0.4) is 0 Å². The van der Waals surface area contributed by atoms with Gasteiger partial charge in [0.15, 0.2) is 0 Å². The standard InChI is InChI=1S/C15H24N2O3/c1-2-17-7-11(6-13(17)19)15(20)16-14-10-4-3-9(5-10)12(14)8-18/h9-12,14,18H,2-8H2,1H3,(H,16,20). The van der Waals surface area contributed by atoms with Crippen LogP contribution in [0.4, 0.5) is 0 Å². The number of carbonyl (C=O) groups is 2. The summed E-state index contributed by atoms with van der Waals surface area (Å²) in [5.74, 6) is 1.20. The van der Waals surface area contributed by atoms with Gasteiger partial charge in [-0.25, -0.2) is 0 Å². The lowest BCUT2D eigenvalue weighted by atomic mass is 9.84. The van der Waals surface area contributed by atoms with Crippen LogP contribution < -0.4 is 5.32 Å². The molecule has 1 aliphatic heterocycles. The summed E-state index contributed by atoms with van der Waals surface area (Å²) in [6, 6.07) is 0.122. The van der Waals surface area contributed by atoms with Crippen LogP contribution in [0.5, 0.6) is 0 Å². The Balaban J connectivity index is 1.61. The van der Waals surface area contributed by atoms with E-state index < -0.39 is 0 Å². The Morgan fingerprint density at radius 1 is 1.40 bits per heavy atom. The third kappa shape index (κ3) is 2.22. The lowest BCUT2D eigenvalue weighted by molar-refractivity contribution is -0.129. The minimum Gasteiger partial charge on any atom is -0.396 e. The number of rotatable bonds is 4. The molecule has 5 nitrogen and oxygen atoms in total. The van der Waals surface area contributed by atoms with Gasteiger partial charge < -0.3 is 15.3 Å². The molecule has 5 heteroatoms. The fraction of sp³-hybridized carbons (Fsp3) is 0.867. The van der Waals surface area contributed by atoms with E-state index in [1.807, 2.05) is 6.92 Å². The summed E-state index contributed by atoms with van der Waals surface area (Å²) in [5.41, 5.74) is 0. The molecule has 2 saturated carbocycles. The zero-order valence-electron chi connectivity index (χ0n) is 12.0. The van der Waals surface area contributed by atoms with E-state index in [1.165, 1.54) is 6.42 Å². The van der Waals surface area contributed by atoms with Crippen molar-refractivity contribution in [3.05, 3.63) is 0 Å². The largest absolute Gasteiger partial charge is 0.396 e. The maximum Gasteiger partial charge on any atom is 0.225 e. The number of hydrogen-bond donors (Lipinski definition) is 2. The Bertz CT molecular complexity index is 412. The summed E-state index contributed by atoms with van der Waals surface area (Å²) in [6.07, 6.45) is 3.83. The van der Waals surface area contributed by atoms with E-state index in [0.29, 0.717) is 31.3 Å². The number of hydrogen-bond acceptors (Lipinski definition) is 3. The molecule has 2 N–H and O–H groups in total. The number of likely N-dealkylation sites (tertiary alicyclic amines) is 1. The second-order valence-electron chi connectivity index (χ2n) is 6.55. The number of amides is 2. The van der Waals surface area contributed by atoms with Crippen LogP contribution in [0.15, 0.2) is 0 Å². The molecule has 0 aromatic carbocycles. The number of nitrogens with zero attached hydrogens (tertiary/aromatic N) is 1. The van der Waals surface area contributed by atoms with Crippen molar-refractivity contribution in [1.82, 2.24) is 10.2 Å². The van der Waals surface area contributed by atoms with Crippen LogP contribution in [-0.4, -0.2) is 47.6 Å². The van der Waals surface area contributed by atoms with Crippen LogP contribution >= 0.6 is 0 Å². The first-order valence-corrected chi connectivity index (χ1v) is 7.83. The quantitative estimate of drug-likeness (QED) is 0.782. The van der Waals surface area contributed by atoms with E-state index in [-0.39, 0.29) is 36.3 Å². The Labute approximate surface area is 119 Å². The summed E-state index contributed by atoms with van der Waals surface area (Å²) in [7, 11) is 0. The van der Waals surface area contributed by atoms with Gasteiger partial charge in [0, 0.05) is 38.1 Å². The molecular formula is C15H24N2O3. The van der Waals surface area contributed by atoms with Crippen LogP contribution in [0, 0.1) is 23.7 Å². The topological polar surface area (TPSA) is 69.6 Å². The van der Waals surface area contributed by atoms with Crippen molar-refractivity contribution in [2.45, 2.75) is 38.6 Å². The van der Waals surface area contributed by atoms with Gasteiger partial charge in [0.05, 0.1) is 5.92 Å². The highest BCUT2D eigenvalue weighted by Crippen LogP contribution is 2.48. The molecule has 0 radical (unpaired) electrons. The number of fused-ring (bicyclic) bond motifs is 2. The van der Waals surface area contributed by atoms with Crippen LogP contribution in [0.25, 0.3) is 0 Å². The normalized spacial score (nSPS) is 39.6. The van der Waals surface area contributed by atoms with E-state index in [1.54, 1.807) is 4.90 Å². The fourth-order valence-corrected chi connectivity index (χ4v) is 4.43. The second kappa shape index (κ2) is 5.35. The van der Waals surface area contributed by atoms with Gasteiger partial charge in [-0.05, 0) is 38.0 Å². The fourth-order valence-electron chi connectivity index (χ4n) is 4.43. The summed E-state index contributed by atoms with van der Waals surface area (Å²) in [4.78, 5) is 25.8. The molecule has 5 unspecified atom stereocenters. The SMILES string of the molecule is CCN1CC(C(=O)NC2C3CCC(C3)C2CO)CC1=O. The zero-order chi connectivity index (χ0) is 14.3. The smallest absolute Gasteiger partial charge is 0.225 e. The lowest BCUT2D eigenvalue weighted by Gasteiger charge is -2.31. The van der Waals surface area contributed by atoms with Gasteiger partial charge in [0.2, 0.25) is 11.8 Å². The minimum absolute atomic E-state index is 0.00491. The Hall–Kier alpha value is -1.10. The van der Waals surface area contributed by atoms with Gasteiger partial charge in [-0.1, -0.05) is 0 Å². The van der Waals surface area contributed by atoms with E-state index in [0.717, 1.165) is 12.8 Å². The number of carbonyl (C=O) groups excluding carboxylic acids is 2. The molecule has 112 valence electrons. The predicted octanol–water partition coefficient (Wildman–Crippen LogP) is 0.378. The van der Waals surface area contributed by atoms with E-state index in [2.05, 4.69) is 5.32 Å². The van der Waals surface area contributed by atoms with Gasteiger partial charge in [-0.2, -0.15) is 0 Å². The van der Waals surface area contributed by atoms with Gasteiger partial charge in [-0.3, -0.25) is 9.59 Å². The van der Waals surface area contributed by atoms with Crippen LogP contribution in [0.1, 0.15) is 32.6 Å². The van der Waals surface area contributed by atoms with Crippen LogP contribution in [0.2, 0.25) is 0 Å². The summed E-state index contributed by atoms with van der Waals surface area (Å²) in [5, 5.41) is 12.7. The average Bonchev–Trinajstić information content (AvgIpc) is 3.12. The highest BCUT2D eigenvalue weighted by Gasteiger charge is 2.48. The van der Waals surface area contributed by atoms with Crippen LogP contribution in [-0.2, 0) is 9.59 Å². The molecule has 1 heterocycles. The second-order valence-corrected chi connectivity index (χ2v) is 6.55. The Kier molecular flexibility index (Phi) is 3.71. The average molecular weight is 280 g/mol. The molecular weight excluding hydrogens is 256 g/mol. The van der Waals surface area contributed by atoms with E-state index in [4.69, 9.17) is 0 Å². The van der Waals surface area contributed by atoms with Gasteiger partial charge in [-0.15, -0.1) is 0 Å². The maximum atomic E-state index is 12.4. The molecule has 2 amide bonds. The van der Waals surface area contributed by atoms with Gasteiger partial charge >= 0.3 is 0 Å². The molecule has 5 atom stereocenters. The minimum atomic E-state index is -0.207. The molecule has 2 bridgehead atoms. The number of aliphatic hydroxyl groups excluding tert-OH is 1. The summed E-state index contributed by atoms with van der Waals surface area (Å²) in [6.45, 7) is 3.33. The molecule has 0 aromatic rings. The van der Waals surface area contributed by atoms with E-state index >= 15 is 0 Å². The number of nitrogens with one attached hydrogen (secondary N) is 1. The molecule has 20 heavy (non-hydrogen) atoms. The van der Waals surface area contributed by atoms with Crippen molar-refractivity contribution in [2.75, 3.05) is 19.7 Å². The number of aliphatic hydroxyl groups is 1. The van der Waals surface area contributed by atoms with Crippen molar-refractivity contribution in [3.63, 3.8) is 0 Å². The Morgan fingerprint density at radius 3 is 2.80 bits per heavy atom. The first-order chi connectivity index (χ1) is 9.63. The highest BCUT2D eigenvalue weighted by atomic mass is 16.3. The monoisotopic (exact) mass is 280 g/mol. The van der Waals surface area contributed by atoms with Crippen molar-refractivity contribution >= 4 is 11.8 Å². The first-order valence-electron chi connectivity index (χ1n) is 7.83. The van der Waals surface area contributed by atoms with Gasteiger partial charge in [0.25, 0.3) is 0 Å². The lowest BCUT2D eigenvalue weighted by Crippen LogP contribution is -2.47. The van der Waals surface area contributed by atoms with Gasteiger partial charge in [0.1, 0.15) is 0 Å². The molecule has 3 rings (SSSR count). The van der Waals surface area contributed by atoms with Crippen molar-refractivity contribution in [2.24, 2.45) is 23.7 Å².